The molecular formula is C12H15BrN4S. The SMILES string of the molecule is CCc1nn(CC)c(CSc2ccncn2)c1Br. The smallest absolute Gasteiger partial charge is 0.116 e. The van der Waals surface area contributed by atoms with Crippen LogP contribution in [0.3, 0.4) is 0 Å². The fourth-order valence-electron chi connectivity index (χ4n) is 1.66. The Morgan fingerprint density at radius 1 is 1.39 bits per heavy atom. The second-order valence-corrected chi connectivity index (χ2v) is 5.50. The van der Waals surface area contributed by atoms with Gasteiger partial charge < -0.3 is 0 Å². The van der Waals surface area contributed by atoms with E-state index in [2.05, 4.69) is 49.5 Å². The Hall–Kier alpha value is -0.880. The van der Waals surface area contributed by atoms with Gasteiger partial charge in [0.15, 0.2) is 0 Å². The highest BCUT2D eigenvalue weighted by molar-refractivity contribution is 9.10. The van der Waals surface area contributed by atoms with Gasteiger partial charge in [-0.1, -0.05) is 18.7 Å². The molecule has 96 valence electrons. The number of thioether (sulfide) groups is 1. The molecule has 0 radical (unpaired) electrons. The van der Waals surface area contributed by atoms with E-state index < -0.39 is 0 Å². The van der Waals surface area contributed by atoms with E-state index >= 15 is 0 Å². The molecule has 0 aliphatic rings. The zero-order valence-corrected chi connectivity index (χ0v) is 12.8. The highest BCUT2D eigenvalue weighted by atomic mass is 79.9. The van der Waals surface area contributed by atoms with Gasteiger partial charge in [-0.05, 0) is 35.3 Å². The van der Waals surface area contributed by atoms with Crippen LogP contribution in [0.15, 0.2) is 28.1 Å². The molecule has 0 amide bonds. The number of nitrogens with zero attached hydrogens (tertiary/aromatic N) is 4. The average molecular weight is 327 g/mol. The minimum Gasteiger partial charge on any atom is -0.268 e. The number of rotatable bonds is 5. The number of aryl methyl sites for hydroxylation is 2. The summed E-state index contributed by atoms with van der Waals surface area (Å²) in [6.07, 6.45) is 4.28. The standard InChI is InChI=1S/C12H15BrN4S/c1-3-9-12(13)10(17(4-2)16-9)7-18-11-5-6-14-8-15-11/h5-6,8H,3-4,7H2,1-2H3. The first-order valence-corrected chi connectivity index (χ1v) is 7.67. The van der Waals surface area contributed by atoms with Gasteiger partial charge in [-0.25, -0.2) is 9.97 Å². The third-order valence-corrected chi connectivity index (χ3v) is 4.48. The van der Waals surface area contributed by atoms with Crippen LogP contribution in [0.5, 0.6) is 0 Å². The van der Waals surface area contributed by atoms with Crippen LogP contribution < -0.4 is 0 Å². The molecular weight excluding hydrogens is 312 g/mol. The Labute approximate surface area is 119 Å². The first-order valence-electron chi connectivity index (χ1n) is 5.89. The van der Waals surface area contributed by atoms with Gasteiger partial charge in [-0.3, -0.25) is 4.68 Å². The van der Waals surface area contributed by atoms with Crippen molar-refractivity contribution >= 4 is 27.7 Å². The maximum Gasteiger partial charge on any atom is 0.116 e. The summed E-state index contributed by atoms with van der Waals surface area (Å²) in [5.41, 5.74) is 2.34. The highest BCUT2D eigenvalue weighted by Gasteiger charge is 2.13. The molecule has 0 fully saturated rings. The minimum atomic E-state index is 0.860. The van der Waals surface area contributed by atoms with E-state index in [0.717, 1.165) is 33.9 Å². The maximum absolute atomic E-state index is 4.58. The summed E-state index contributed by atoms with van der Waals surface area (Å²) < 4.78 is 3.19. The Morgan fingerprint density at radius 2 is 2.22 bits per heavy atom. The molecule has 0 aliphatic heterocycles. The van der Waals surface area contributed by atoms with Gasteiger partial charge in [0, 0.05) is 18.5 Å². The largest absolute Gasteiger partial charge is 0.268 e. The van der Waals surface area contributed by atoms with Crippen molar-refractivity contribution in [3.63, 3.8) is 0 Å². The molecule has 0 aliphatic carbocycles. The van der Waals surface area contributed by atoms with Crippen molar-refractivity contribution in [1.29, 1.82) is 0 Å². The van der Waals surface area contributed by atoms with Crippen LogP contribution in [0.1, 0.15) is 25.2 Å². The van der Waals surface area contributed by atoms with E-state index in [1.165, 1.54) is 5.69 Å². The first kappa shape index (κ1) is 13.5. The number of hydrogen-bond donors (Lipinski definition) is 0. The van der Waals surface area contributed by atoms with Crippen LogP contribution in [0.4, 0.5) is 0 Å². The van der Waals surface area contributed by atoms with E-state index in [9.17, 15) is 0 Å². The molecule has 2 aromatic rings. The fraction of sp³-hybridized carbons (Fsp3) is 0.417. The van der Waals surface area contributed by atoms with Gasteiger partial charge in [-0.2, -0.15) is 5.10 Å². The molecule has 0 unspecified atom stereocenters. The summed E-state index contributed by atoms with van der Waals surface area (Å²) in [5, 5.41) is 5.57. The number of halogens is 1. The summed E-state index contributed by atoms with van der Waals surface area (Å²) in [4.78, 5) is 8.13. The van der Waals surface area contributed by atoms with Crippen LogP contribution in [0.25, 0.3) is 0 Å². The molecule has 2 aromatic heterocycles. The second kappa shape index (κ2) is 6.33. The third-order valence-electron chi connectivity index (χ3n) is 2.61. The molecule has 2 rings (SSSR count). The lowest BCUT2D eigenvalue weighted by Gasteiger charge is -2.04. The molecule has 18 heavy (non-hydrogen) atoms. The average Bonchev–Trinajstić information content (AvgIpc) is 2.73. The number of aromatic nitrogens is 4. The van der Waals surface area contributed by atoms with Crippen molar-refractivity contribution in [2.75, 3.05) is 0 Å². The Balaban J connectivity index is 2.16. The third kappa shape index (κ3) is 2.92. The monoisotopic (exact) mass is 326 g/mol. The lowest BCUT2D eigenvalue weighted by molar-refractivity contribution is 0.627. The molecule has 0 saturated heterocycles. The summed E-state index contributed by atoms with van der Waals surface area (Å²) in [6.45, 7) is 5.12. The highest BCUT2D eigenvalue weighted by Crippen LogP contribution is 2.28. The van der Waals surface area contributed by atoms with Gasteiger partial charge >= 0.3 is 0 Å². The Kier molecular flexibility index (Phi) is 4.77. The summed E-state index contributed by atoms with van der Waals surface area (Å²) >= 11 is 5.35. The molecule has 0 N–H and O–H groups in total. The number of hydrogen-bond acceptors (Lipinski definition) is 4. The lowest BCUT2D eigenvalue weighted by atomic mass is 10.3. The van der Waals surface area contributed by atoms with Crippen molar-refractivity contribution in [2.24, 2.45) is 0 Å². The lowest BCUT2D eigenvalue weighted by Crippen LogP contribution is -2.02. The van der Waals surface area contributed by atoms with Gasteiger partial charge in [0.1, 0.15) is 6.33 Å². The topological polar surface area (TPSA) is 43.6 Å². The molecule has 2 heterocycles. The molecule has 4 nitrogen and oxygen atoms in total. The molecule has 0 atom stereocenters. The van der Waals surface area contributed by atoms with Gasteiger partial charge in [-0.15, -0.1) is 0 Å². The first-order chi connectivity index (χ1) is 8.76. The van der Waals surface area contributed by atoms with E-state index in [0.29, 0.717) is 0 Å². The predicted octanol–water partition coefficient (Wildman–Crippen LogP) is 3.31. The maximum atomic E-state index is 4.58. The summed E-state index contributed by atoms with van der Waals surface area (Å²) in [6, 6.07) is 1.92. The Morgan fingerprint density at radius 3 is 2.83 bits per heavy atom. The van der Waals surface area contributed by atoms with Crippen LogP contribution in [0.2, 0.25) is 0 Å². The molecule has 6 heteroatoms. The van der Waals surface area contributed by atoms with Crippen LogP contribution in [0, 0.1) is 0 Å². The van der Waals surface area contributed by atoms with Crippen molar-refractivity contribution < 1.29 is 0 Å². The quantitative estimate of drug-likeness (QED) is 0.624. The summed E-state index contributed by atoms with van der Waals surface area (Å²) in [7, 11) is 0. The van der Waals surface area contributed by atoms with Gasteiger partial charge in [0.05, 0.1) is 20.9 Å². The van der Waals surface area contributed by atoms with Gasteiger partial charge in [0.25, 0.3) is 0 Å². The predicted molar refractivity (Wildman–Crippen MR) is 76.6 cm³/mol. The van der Waals surface area contributed by atoms with Crippen molar-refractivity contribution in [3.8, 4) is 0 Å². The van der Waals surface area contributed by atoms with Crippen LogP contribution >= 0.6 is 27.7 Å². The normalized spacial score (nSPS) is 10.8. The molecule has 0 spiro atoms. The second-order valence-electron chi connectivity index (χ2n) is 3.71. The van der Waals surface area contributed by atoms with Crippen molar-refractivity contribution in [1.82, 2.24) is 19.7 Å². The molecule has 0 bridgehead atoms. The van der Waals surface area contributed by atoms with E-state index in [1.807, 2.05) is 6.07 Å². The van der Waals surface area contributed by atoms with Crippen molar-refractivity contribution in [2.45, 2.75) is 37.6 Å². The fourth-order valence-corrected chi connectivity index (χ4v) is 3.41. The summed E-state index contributed by atoms with van der Waals surface area (Å²) in [5.74, 6) is 0.860. The molecule has 0 aromatic carbocycles. The van der Waals surface area contributed by atoms with E-state index in [1.54, 1.807) is 24.3 Å². The zero-order chi connectivity index (χ0) is 13.0. The van der Waals surface area contributed by atoms with Crippen LogP contribution in [-0.4, -0.2) is 19.7 Å². The van der Waals surface area contributed by atoms with Crippen molar-refractivity contribution in [3.05, 3.63) is 34.5 Å². The van der Waals surface area contributed by atoms with E-state index in [-0.39, 0.29) is 0 Å². The van der Waals surface area contributed by atoms with Crippen LogP contribution in [-0.2, 0) is 18.7 Å². The zero-order valence-electron chi connectivity index (χ0n) is 10.4. The van der Waals surface area contributed by atoms with Gasteiger partial charge in [0.2, 0.25) is 0 Å². The van der Waals surface area contributed by atoms with E-state index in [4.69, 9.17) is 0 Å². The Bertz CT molecular complexity index is 512. The molecule has 0 saturated carbocycles. The minimum absolute atomic E-state index is 0.860.